The third kappa shape index (κ3) is 8.61. The molecule has 0 aliphatic heterocycles. The number of fused-ring (bicyclic) bond motifs is 1. The lowest BCUT2D eigenvalue weighted by Gasteiger charge is -2.30. The SMILES string of the molecule is C=C(O)c1ccc2c(c1)CCC2N(CCCCC(=O)O)CCc1ccccc1OCc1ccc(CCc2ccccc2)cc1. The molecule has 0 saturated carbocycles. The zero-order chi connectivity index (χ0) is 30.7. The van der Waals surface area contributed by atoms with Crippen LogP contribution in [0.2, 0.25) is 0 Å². The van der Waals surface area contributed by atoms with Crippen molar-refractivity contribution in [1.82, 2.24) is 4.90 Å². The molecule has 44 heavy (non-hydrogen) atoms. The molecule has 5 rings (SSSR count). The van der Waals surface area contributed by atoms with E-state index in [9.17, 15) is 9.90 Å². The molecule has 0 heterocycles. The van der Waals surface area contributed by atoms with Gasteiger partial charge in [-0.25, -0.2) is 0 Å². The van der Waals surface area contributed by atoms with Crippen LogP contribution in [0.5, 0.6) is 5.75 Å². The molecule has 0 aromatic heterocycles. The highest BCUT2D eigenvalue weighted by molar-refractivity contribution is 5.66. The fourth-order valence-electron chi connectivity index (χ4n) is 6.18. The molecule has 0 spiro atoms. The first-order valence-corrected chi connectivity index (χ1v) is 15.8. The molecule has 1 atom stereocenters. The third-order valence-electron chi connectivity index (χ3n) is 8.65. The average molecular weight is 590 g/mol. The predicted octanol–water partition coefficient (Wildman–Crippen LogP) is 8.37. The van der Waals surface area contributed by atoms with E-state index in [0.29, 0.717) is 13.0 Å². The third-order valence-corrected chi connectivity index (χ3v) is 8.65. The minimum atomic E-state index is -0.743. The molecule has 5 heteroatoms. The first kappa shape index (κ1) is 31.1. The number of nitrogens with zero attached hydrogens (tertiary/aromatic N) is 1. The molecule has 4 aromatic carbocycles. The number of rotatable bonds is 16. The summed E-state index contributed by atoms with van der Waals surface area (Å²) >= 11 is 0. The Bertz CT molecular complexity index is 1530. The molecule has 0 amide bonds. The van der Waals surface area contributed by atoms with Crippen molar-refractivity contribution >= 4 is 11.7 Å². The number of hydrogen-bond donors (Lipinski definition) is 2. The summed E-state index contributed by atoms with van der Waals surface area (Å²) in [6.45, 7) is 5.89. The van der Waals surface area contributed by atoms with Gasteiger partial charge in [0.05, 0.1) is 0 Å². The van der Waals surface area contributed by atoms with E-state index < -0.39 is 5.97 Å². The summed E-state index contributed by atoms with van der Waals surface area (Å²) in [5, 5.41) is 19.0. The van der Waals surface area contributed by atoms with Gasteiger partial charge in [0.25, 0.3) is 0 Å². The topological polar surface area (TPSA) is 70.0 Å². The molecule has 0 fully saturated rings. The Labute approximate surface area is 261 Å². The number of aryl methyl sites for hydroxylation is 3. The fraction of sp³-hybridized carbons (Fsp3) is 0.308. The van der Waals surface area contributed by atoms with Crippen molar-refractivity contribution in [3.63, 3.8) is 0 Å². The van der Waals surface area contributed by atoms with Crippen LogP contribution in [0.1, 0.15) is 70.7 Å². The van der Waals surface area contributed by atoms with Crippen LogP contribution in [0.15, 0.2) is 104 Å². The molecular weight excluding hydrogens is 546 g/mol. The number of aliphatic hydroxyl groups excluding tert-OH is 1. The summed E-state index contributed by atoms with van der Waals surface area (Å²) in [5.74, 6) is 0.259. The van der Waals surface area contributed by atoms with Crippen molar-refractivity contribution in [2.75, 3.05) is 13.1 Å². The van der Waals surface area contributed by atoms with Gasteiger partial charge in [-0.05, 0) is 97.0 Å². The van der Waals surface area contributed by atoms with Crippen LogP contribution in [-0.4, -0.2) is 34.2 Å². The molecule has 0 saturated heterocycles. The van der Waals surface area contributed by atoms with Crippen LogP contribution in [0.25, 0.3) is 5.76 Å². The molecule has 1 aliphatic rings. The van der Waals surface area contributed by atoms with Gasteiger partial charge in [-0.3, -0.25) is 9.69 Å². The van der Waals surface area contributed by atoms with Gasteiger partial charge < -0.3 is 14.9 Å². The second-order valence-electron chi connectivity index (χ2n) is 11.8. The van der Waals surface area contributed by atoms with Crippen molar-refractivity contribution in [1.29, 1.82) is 0 Å². The Morgan fingerprint density at radius 2 is 1.50 bits per heavy atom. The van der Waals surface area contributed by atoms with Gasteiger partial charge in [-0.2, -0.15) is 0 Å². The van der Waals surface area contributed by atoms with Crippen molar-refractivity contribution in [2.45, 2.75) is 64.0 Å². The Balaban J connectivity index is 1.21. The molecule has 0 radical (unpaired) electrons. The maximum Gasteiger partial charge on any atom is 0.303 e. The summed E-state index contributed by atoms with van der Waals surface area (Å²) in [5.41, 5.74) is 8.33. The Morgan fingerprint density at radius 3 is 2.25 bits per heavy atom. The lowest BCUT2D eigenvalue weighted by molar-refractivity contribution is -0.137. The number of ether oxygens (including phenoxy) is 1. The molecule has 228 valence electrons. The molecular formula is C39H43NO4. The van der Waals surface area contributed by atoms with E-state index in [4.69, 9.17) is 9.84 Å². The highest BCUT2D eigenvalue weighted by atomic mass is 16.5. The van der Waals surface area contributed by atoms with Gasteiger partial charge in [0.15, 0.2) is 0 Å². The van der Waals surface area contributed by atoms with Crippen LogP contribution >= 0.6 is 0 Å². The number of carboxylic acid groups (broad SMARTS) is 1. The Hall–Kier alpha value is -4.35. The number of hydrogen-bond acceptors (Lipinski definition) is 4. The highest BCUT2D eigenvalue weighted by Crippen LogP contribution is 2.37. The van der Waals surface area contributed by atoms with Crippen molar-refractivity contribution in [3.8, 4) is 5.75 Å². The minimum absolute atomic E-state index is 0.0948. The van der Waals surface area contributed by atoms with E-state index in [1.165, 1.54) is 27.8 Å². The fourth-order valence-corrected chi connectivity index (χ4v) is 6.18. The van der Waals surface area contributed by atoms with E-state index in [0.717, 1.165) is 68.5 Å². The van der Waals surface area contributed by atoms with Crippen molar-refractivity contribution in [3.05, 3.63) is 143 Å². The monoisotopic (exact) mass is 589 g/mol. The summed E-state index contributed by atoms with van der Waals surface area (Å²) < 4.78 is 6.35. The number of para-hydroxylation sites is 1. The van der Waals surface area contributed by atoms with E-state index in [2.05, 4.69) is 96.4 Å². The number of carbonyl (C=O) groups is 1. The largest absolute Gasteiger partial charge is 0.508 e. The summed E-state index contributed by atoms with van der Waals surface area (Å²) in [7, 11) is 0. The summed E-state index contributed by atoms with van der Waals surface area (Å²) in [4.78, 5) is 13.6. The maximum absolute atomic E-state index is 11.1. The van der Waals surface area contributed by atoms with E-state index >= 15 is 0 Å². The predicted molar refractivity (Wildman–Crippen MR) is 177 cm³/mol. The maximum atomic E-state index is 11.1. The highest BCUT2D eigenvalue weighted by Gasteiger charge is 2.28. The van der Waals surface area contributed by atoms with Crippen LogP contribution in [0.3, 0.4) is 0 Å². The van der Waals surface area contributed by atoms with Gasteiger partial charge in [-0.15, -0.1) is 0 Å². The standard InChI is InChI=1S/C39H43NO4/c1-29(41)34-20-22-36-35(27-34)21-23-37(36)40(25-8-7-13-39(42)43)26-24-33-11-5-6-12-38(33)44-28-32-18-16-31(17-19-32)15-14-30-9-3-2-4-10-30/h2-6,9-12,16-20,22,27,37,41H,1,7-8,13-15,21,23-26,28H2,(H,42,43). The molecule has 1 unspecified atom stereocenters. The summed E-state index contributed by atoms with van der Waals surface area (Å²) in [6, 6.07) is 34.0. The van der Waals surface area contributed by atoms with E-state index in [-0.39, 0.29) is 18.2 Å². The van der Waals surface area contributed by atoms with Crippen molar-refractivity contribution < 1.29 is 19.7 Å². The lowest BCUT2D eigenvalue weighted by Crippen LogP contribution is -2.31. The van der Waals surface area contributed by atoms with Crippen LogP contribution in [0, 0.1) is 0 Å². The minimum Gasteiger partial charge on any atom is -0.508 e. The zero-order valence-electron chi connectivity index (χ0n) is 25.5. The quantitative estimate of drug-likeness (QED) is 0.102. The molecule has 1 aliphatic carbocycles. The Kier molecular flexibility index (Phi) is 10.9. The molecule has 2 N–H and O–H groups in total. The number of aliphatic hydroxyl groups is 1. The van der Waals surface area contributed by atoms with Gasteiger partial charge in [-0.1, -0.05) is 91.5 Å². The van der Waals surface area contributed by atoms with Crippen LogP contribution < -0.4 is 4.74 Å². The smallest absolute Gasteiger partial charge is 0.303 e. The van der Waals surface area contributed by atoms with Gasteiger partial charge in [0.2, 0.25) is 0 Å². The van der Waals surface area contributed by atoms with Gasteiger partial charge in [0.1, 0.15) is 18.1 Å². The lowest BCUT2D eigenvalue weighted by atomic mass is 10.0. The van der Waals surface area contributed by atoms with Crippen LogP contribution in [-0.2, 0) is 37.1 Å². The Morgan fingerprint density at radius 1 is 0.795 bits per heavy atom. The first-order chi connectivity index (χ1) is 21.5. The van der Waals surface area contributed by atoms with E-state index in [1.54, 1.807) is 0 Å². The average Bonchev–Trinajstić information content (AvgIpc) is 3.47. The summed E-state index contributed by atoms with van der Waals surface area (Å²) in [6.07, 6.45) is 6.55. The number of benzene rings is 4. The number of carboxylic acids is 1. The van der Waals surface area contributed by atoms with Gasteiger partial charge in [0, 0.05) is 24.6 Å². The van der Waals surface area contributed by atoms with E-state index in [1.807, 2.05) is 12.1 Å². The second kappa shape index (κ2) is 15.4. The molecule has 4 aromatic rings. The molecule has 0 bridgehead atoms. The second-order valence-corrected chi connectivity index (χ2v) is 11.8. The molecule has 5 nitrogen and oxygen atoms in total. The number of aliphatic carboxylic acids is 1. The number of unbranched alkanes of at least 4 members (excludes halogenated alkanes) is 1. The normalized spacial score (nSPS) is 14.0. The van der Waals surface area contributed by atoms with Gasteiger partial charge >= 0.3 is 5.97 Å². The zero-order valence-corrected chi connectivity index (χ0v) is 25.5. The first-order valence-electron chi connectivity index (χ1n) is 15.8. The van der Waals surface area contributed by atoms with Crippen LogP contribution in [0.4, 0.5) is 0 Å². The van der Waals surface area contributed by atoms with Crippen molar-refractivity contribution in [2.24, 2.45) is 0 Å².